The first-order valence-electron chi connectivity index (χ1n) is 25.8. The molecule has 16 aromatic rings. The molecule has 0 bridgehead atoms. The predicted octanol–water partition coefficient (Wildman–Crippen LogP) is 17.3. The Morgan fingerprint density at radius 2 is 0.500 bits per heavy atom. The van der Waals surface area contributed by atoms with Crippen LogP contribution in [0, 0.1) is 0 Å². The minimum Gasteiger partial charge on any atom is -0.309 e. The summed E-state index contributed by atoms with van der Waals surface area (Å²) in [6, 6.07) is 93.3. The van der Waals surface area contributed by atoms with Crippen molar-refractivity contribution in [2.75, 3.05) is 0 Å². The molecule has 354 valence electrons. The number of nitrogens with zero attached hydrogens (tertiary/aromatic N) is 7. The molecule has 11 aromatic carbocycles. The van der Waals surface area contributed by atoms with Crippen LogP contribution in [0.1, 0.15) is 0 Å². The first kappa shape index (κ1) is 42.2. The van der Waals surface area contributed by atoms with Crippen molar-refractivity contribution in [2.24, 2.45) is 0 Å². The van der Waals surface area contributed by atoms with Gasteiger partial charge in [-0.2, -0.15) is 15.0 Å². The zero-order valence-electron chi connectivity index (χ0n) is 41.0. The molecule has 76 heavy (non-hydrogen) atoms. The molecule has 0 aliphatic carbocycles. The molecule has 5 heterocycles. The largest absolute Gasteiger partial charge is 0.309 e. The second kappa shape index (κ2) is 16.6. The Labute approximate surface area is 436 Å². The first-order chi connectivity index (χ1) is 37.7. The van der Waals surface area contributed by atoms with Gasteiger partial charge in [0.25, 0.3) is 0 Å². The average Bonchev–Trinajstić information content (AvgIpc) is 4.32. The highest BCUT2D eigenvalue weighted by Crippen LogP contribution is 2.43. The topological polar surface area (TPSA) is 58.4 Å². The lowest BCUT2D eigenvalue weighted by Crippen LogP contribution is -2.10. The molecule has 0 saturated carbocycles. The molecule has 0 saturated heterocycles. The van der Waals surface area contributed by atoms with Gasteiger partial charge in [0.2, 0.25) is 11.9 Å². The van der Waals surface area contributed by atoms with Crippen LogP contribution in [0.4, 0.5) is 0 Å². The van der Waals surface area contributed by atoms with E-state index >= 15 is 0 Å². The van der Waals surface area contributed by atoms with E-state index in [9.17, 15) is 0 Å². The lowest BCUT2D eigenvalue weighted by molar-refractivity contribution is 0.893. The predicted molar refractivity (Wildman–Crippen MR) is 313 cm³/mol. The Morgan fingerprint density at radius 1 is 0.197 bits per heavy atom. The second-order valence-corrected chi connectivity index (χ2v) is 19.6. The molecule has 0 amide bonds. The Balaban J connectivity index is 1.04. The van der Waals surface area contributed by atoms with Gasteiger partial charge in [-0.1, -0.05) is 170 Å². The fraction of sp³-hybridized carbons (Fsp3) is 0. The standard InChI is InChI=1S/C69H43N7/c1-5-21-44(22-6-1)46-37-47(45-23-7-2-8-24-45)39-48(38-46)67-70-68(75-61-35-19-15-31-53(61)57-40-55-51-29-13-17-33-59(51)73(63(55)42-65(57)75)49-25-9-3-10-26-49)72-69(71-67)76-62-36-20-16-32-54(62)58-41-56-52-30-14-18-34-60(52)74(64(56)43-66(58)76)50-27-11-4-12-28-50/h1-43H. The van der Waals surface area contributed by atoms with Crippen LogP contribution < -0.4 is 0 Å². The molecule has 0 aliphatic heterocycles. The van der Waals surface area contributed by atoms with Crippen LogP contribution in [-0.2, 0) is 0 Å². The maximum atomic E-state index is 5.70. The highest BCUT2D eigenvalue weighted by molar-refractivity contribution is 6.20. The average molecular weight is 970 g/mol. The van der Waals surface area contributed by atoms with Crippen LogP contribution in [-0.4, -0.2) is 33.2 Å². The van der Waals surface area contributed by atoms with E-state index < -0.39 is 0 Å². The molecular weight excluding hydrogens is 927 g/mol. The quantitative estimate of drug-likeness (QED) is 0.160. The Hall–Kier alpha value is -10.4. The third kappa shape index (κ3) is 6.39. The van der Waals surface area contributed by atoms with E-state index in [0.29, 0.717) is 17.7 Å². The lowest BCUT2D eigenvalue weighted by atomic mass is 9.96. The van der Waals surface area contributed by atoms with Crippen molar-refractivity contribution < 1.29 is 0 Å². The Bertz CT molecular complexity index is 4660. The molecule has 0 spiro atoms. The van der Waals surface area contributed by atoms with Crippen LogP contribution in [0.25, 0.3) is 144 Å². The molecule has 0 unspecified atom stereocenters. The third-order valence-electron chi connectivity index (χ3n) is 15.4. The summed E-state index contributed by atoms with van der Waals surface area (Å²) >= 11 is 0. The fourth-order valence-corrected chi connectivity index (χ4v) is 12.0. The molecule has 7 nitrogen and oxygen atoms in total. The maximum Gasteiger partial charge on any atom is 0.240 e. The summed E-state index contributed by atoms with van der Waals surface area (Å²) < 4.78 is 9.27. The summed E-state index contributed by atoms with van der Waals surface area (Å²) in [7, 11) is 0. The molecule has 16 rings (SSSR count). The van der Waals surface area contributed by atoms with Crippen LogP contribution in [0.15, 0.2) is 261 Å². The second-order valence-electron chi connectivity index (χ2n) is 19.6. The number of fused-ring (bicyclic) bond motifs is 12. The van der Waals surface area contributed by atoms with E-state index in [2.05, 4.69) is 279 Å². The van der Waals surface area contributed by atoms with Gasteiger partial charge in [0, 0.05) is 60.0 Å². The molecule has 5 aromatic heterocycles. The number of para-hydroxylation sites is 6. The molecule has 0 atom stereocenters. The summed E-state index contributed by atoms with van der Waals surface area (Å²) in [6.45, 7) is 0. The van der Waals surface area contributed by atoms with Crippen LogP contribution in [0.5, 0.6) is 0 Å². The van der Waals surface area contributed by atoms with E-state index in [1.54, 1.807) is 0 Å². The first-order valence-corrected chi connectivity index (χ1v) is 25.8. The van der Waals surface area contributed by atoms with E-state index in [0.717, 1.165) is 105 Å². The van der Waals surface area contributed by atoms with Crippen LogP contribution >= 0.6 is 0 Å². The van der Waals surface area contributed by atoms with Crippen molar-refractivity contribution in [3.8, 4) is 56.9 Å². The van der Waals surface area contributed by atoms with Crippen LogP contribution in [0.3, 0.4) is 0 Å². The number of hydrogen-bond donors (Lipinski definition) is 0. The van der Waals surface area contributed by atoms with Crippen molar-refractivity contribution in [2.45, 2.75) is 0 Å². The monoisotopic (exact) mass is 969 g/mol. The van der Waals surface area contributed by atoms with Gasteiger partial charge in [-0.05, 0) is 113 Å². The molecular formula is C69H43N7. The SMILES string of the molecule is c1ccc(-c2cc(-c3ccccc3)cc(-c3nc(-n4c5ccccc5c5cc6c7ccccc7n(-c7ccccc7)c6cc54)nc(-n4c5ccccc5c5cc6c7ccccc7n(-c7ccccc7)c6cc54)n3)c2)cc1. The Kier molecular flexibility index (Phi) is 9.20. The molecule has 0 fully saturated rings. The Morgan fingerprint density at radius 3 is 0.882 bits per heavy atom. The van der Waals surface area contributed by atoms with Crippen molar-refractivity contribution in [3.05, 3.63) is 261 Å². The van der Waals surface area contributed by atoms with E-state index in [1.807, 2.05) is 0 Å². The van der Waals surface area contributed by atoms with Gasteiger partial charge in [0.1, 0.15) is 0 Å². The third-order valence-corrected chi connectivity index (χ3v) is 15.4. The maximum absolute atomic E-state index is 5.70. The highest BCUT2D eigenvalue weighted by atomic mass is 15.3. The minimum absolute atomic E-state index is 0.518. The van der Waals surface area contributed by atoms with Gasteiger partial charge in [-0.3, -0.25) is 9.13 Å². The van der Waals surface area contributed by atoms with Gasteiger partial charge in [-0.15, -0.1) is 0 Å². The van der Waals surface area contributed by atoms with Gasteiger partial charge >= 0.3 is 0 Å². The van der Waals surface area contributed by atoms with Gasteiger partial charge < -0.3 is 9.13 Å². The molecule has 0 aliphatic rings. The number of hydrogen-bond acceptors (Lipinski definition) is 3. The van der Waals surface area contributed by atoms with Crippen molar-refractivity contribution in [1.29, 1.82) is 0 Å². The van der Waals surface area contributed by atoms with Gasteiger partial charge in [-0.25, -0.2) is 0 Å². The van der Waals surface area contributed by atoms with Crippen molar-refractivity contribution >= 4 is 87.2 Å². The van der Waals surface area contributed by atoms with Gasteiger partial charge in [0.15, 0.2) is 5.82 Å². The zero-order chi connectivity index (χ0) is 49.8. The highest BCUT2D eigenvalue weighted by Gasteiger charge is 2.25. The summed E-state index contributed by atoms with van der Waals surface area (Å²) in [4.78, 5) is 17.0. The lowest BCUT2D eigenvalue weighted by Gasteiger charge is -2.15. The summed E-state index contributed by atoms with van der Waals surface area (Å²) in [5.74, 6) is 1.60. The van der Waals surface area contributed by atoms with Crippen LogP contribution in [0.2, 0.25) is 0 Å². The number of benzene rings is 11. The van der Waals surface area contributed by atoms with E-state index in [1.165, 1.54) is 21.5 Å². The number of aromatic nitrogens is 7. The summed E-state index contributed by atoms with van der Waals surface area (Å²) in [5, 5.41) is 9.23. The van der Waals surface area contributed by atoms with E-state index in [4.69, 9.17) is 15.0 Å². The molecule has 0 radical (unpaired) electrons. The summed E-state index contributed by atoms with van der Waals surface area (Å²) in [5.41, 5.74) is 15.9. The zero-order valence-corrected chi connectivity index (χ0v) is 41.0. The van der Waals surface area contributed by atoms with Gasteiger partial charge in [0.05, 0.1) is 44.1 Å². The summed E-state index contributed by atoms with van der Waals surface area (Å²) in [6.07, 6.45) is 0. The van der Waals surface area contributed by atoms with E-state index in [-0.39, 0.29) is 0 Å². The van der Waals surface area contributed by atoms with Crippen molar-refractivity contribution in [3.63, 3.8) is 0 Å². The number of rotatable bonds is 7. The normalized spacial score (nSPS) is 11.9. The molecule has 0 N–H and O–H groups in total. The minimum atomic E-state index is 0.518. The molecule has 7 heteroatoms. The van der Waals surface area contributed by atoms with Crippen molar-refractivity contribution in [1.82, 2.24) is 33.2 Å². The smallest absolute Gasteiger partial charge is 0.240 e. The fourth-order valence-electron chi connectivity index (χ4n) is 12.0.